The van der Waals surface area contributed by atoms with Crippen LogP contribution in [0.3, 0.4) is 0 Å². The van der Waals surface area contributed by atoms with E-state index in [0.717, 1.165) is 0 Å². The molecule has 0 bridgehead atoms. The summed E-state index contributed by atoms with van der Waals surface area (Å²) in [6.45, 7) is -0.0124. The lowest BCUT2D eigenvalue weighted by molar-refractivity contribution is 0.305. The minimum atomic E-state index is -3.63. The molecule has 0 aromatic heterocycles. The molecule has 0 saturated carbocycles. The van der Waals surface area contributed by atoms with E-state index in [1.54, 1.807) is 30.3 Å². The third-order valence-corrected chi connectivity index (χ3v) is 2.92. The van der Waals surface area contributed by atoms with Crippen molar-refractivity contribution in [3.8, 4) is 17.9 Å². The van der Waals surface area contributed by atoms with Gasteiger partial charge in [0.15, 0.2) is 5.75 Å². The van der Waals surface area contributed by atoms with Gasteiger partial charge in [-0.05, 0) is 18.2 Å². The second-order valence-electron chi connectivity index (χ2n) is 3.38. The monoisotopic (exact) mass is 264 g/mol. The van der Waals surface area contributed by atoms with Gasteiger partial charge in [-0.3, -0.25) is 4.72 Å². The second kappa shape index (κ2) is 6.65. The Bertz CT molecular complexity index is 606. The van der Waals surface area contributed by atoms with E-state index >= 15 is 0 Å². The molecule has 94 valence electrons. The van der Waals surface area contributed by atoms with Gasteiger partial charge in [-0.2, -0.15) is 5.26 Å². The third-order valence-electron chi connectivity index (χ3n) is 1.86. The van der Waals surface area contributed by atoms with Crippen LogP contribution in [0, 0.1) is 23.2 Å². The number of nitriles is 1. The van der Waals surface area contributed by atoms with Crippen molar-refractivity contribution in [2.24, 2.45) is 0 Å². The Morgan fingerprint density at radius 3 is 2.83 bits per heavy atom. The van der Waals surface area contributed by atoms with E-state index in [-0.39, 0.29) is 6.61 Å². The molecule has 0 heterocycles. The first-order valence-corrected chi connectivity index (χ1v) is 6.80. The van der Waals surface area contributed by atoms with Gasteiger partial charge in [0.2, 0.25) is 10.0 Å². The van der Waals surface area contributed by atoms with Crippen LogP contribution in [-0.2, 0) is 10.0 Å². The number of aliphatic hydroxyl groups excluding tert-OH is 1. The van der Waals surface area contributed by atoms with Gasteiger partial charge in [0, 0.05) is 17.7 Å². The van der Waals surface area contributed by atoms with Crippen LogP contribution in [0.5, 0.6) is 0 Å². The zero-order valence-electron chi connectivity index (χ0n) is 9.55. The SMILES string of the molecule is N#CCS(=O)(=O)Nc1cccc(C#CCCO)c1. The van der Waals surface area contributed by atoms with Crippen molar-refractivity contribution in [1.29, 1.82) is 5.26 Å². The van der Waals surface area contributed by atoms with Crippen molar-refractivity contribution in [3.05, 3.63) is 29.8 Å². The van der Waals surface area contributed by atoms with E-state index in [4.69, 9.17) is 10.4 Å². The number of hydrogen-bond donors (Lipinski definition) is 2. The Balaban J connectivity index is 2.85. The van der Waals surface area contributed by atoms with Crippen LogP contribution in [-0.4, -0.2) is 25.9 Å². The highest BCUT2D eigenvalue weighted by atomic mass is 32.2. The van der Waals surface area contributed by atoms with Gasteiger partial charge >= 0.3 is 0 Å². The Morgan fingerprint density at radius 1 is 1.39 bits per heavy atom. The maximum atomic E-state index is 11.4. The van der Waals surface area contributed by atoms with E-state index in [1.807, 2.05) is 0 Å². The highest BCUT2D eigenvalue weighted by Gasteiger charge is 2.08. The standard InChI is InChI=1S/C12H12N2O3S/c13-7-9-18(16,17)14-12-6-3-5-11(10-12)4-1-2-8-15/h3,5-6,10,14-15H,2,8-9H2. The number of nitrogens with one attached hydrogen (secondary N) is 1. The molecule has 18 heavy (non-hydrogen) atoms. The Kier molecular flexibility index (Phi) is 5.19. The molecule has 0 atom stereocenters. The minimum Gasteiger partial charge on any atom is -0.395 e. The summed E-state index contributed by atoms with van der Waals surface area (Å²) in [6.07, 6.45) is 0.365. The molecule has 1 rings (SSSR count). The number of rotatable bonds is 4. The Morgan fingerprint density at radius 2 is 2.17 bits per heavy atom. The molecule has 0 aliphatic heterocycles. The topological polar surface area (TPSA) is 90.2 Å². The van der Waals surface area contributed by atoms with Gasteiger partial charge in [0.1, 0.15) is 0 Å². The lowest BCUT2D eigenvalue weighted by Gasteiger charge is -2.04. The molecule has 0 saturated heterocycles. The van der Waals surface area contributed by atoms with Crippen LogP contribution < -0.4 is 4.72 Å². The van der Waals surface area contributed by atoms with Crippen molar-refractivity contribution in [3.63, 3.8) is 0 Å². The number of sulfonamides is 1. The predicted molar refractivity (Wildman–Crippen MR) is 68.0 cm³/mol. The highest BCUT2D eigenvalue weighted by molar-refractivity contribution is 7.92. The first kappa shape index (κ1) is 14.0. The average Bonchev–Trinajstić information content (AvgIpc) is 2.29. The molecule has 0 aliphatic carbocycles. The number of benzene rings is 1. The summed E-state index contributed by atoms with van der Waals surface area (Å²) in [6, 6.07) is 8.11. The maximum Gasteiger partial charge on any atom is 0.246 e. The molecule has 0 unspecified atom stereocenters. The first-order chi connectivity index (χ1) is 8.57. The average molecular weight is 264 g/mol. The fourth-order valence-corrected chi connectivity index (χ4v) is 1.91. The number of anilines is 1. The zero-order valence-corrected chi connectivity index (χ0v) is 10.4. The Labute approximate surface area is 106 Å². The van der Waals surface area contributed by atoms with Crippen LogP contribution >= 0.6 is 0 Å². The van der Waals surface area contributed by atoms with Crippen molar-refractivity contribution < 1.29 is 13.5 Å². The largest absolute Gasteiger partial charge is 0.395 e. The van der Waals surface area contributed by atoms with Crippen molar-refractivity contribution in [2.45, 2.75) is 6.42 Å². The van der Waals surface area contributed by atoms with Gasteiger partial charge in [-0.15, -0.1) is 0 Å². The fraction of sp³-hybridized carbons (Fsp3) is 0.250. The van der Waals surface area contributed by atoms with E-state index in [2.05, 4.69) is 16.6 Å². The quantitative estimate of drug-likeness (QED) is 0.783. The Hall–Kier alpha value is -2.02. The molecule has 1 aromatic rings. The van der Waals surface area contributed by atoms with Crippen LogP contribution in [0.2, 0.25) is 0 Å². The van der Waals surface area contributed by atoms with Crippen molar-refractivity contribution in [2.75, 3.05) is 17.1 Å². The summed E-state index contributed by atoms with van der Waals surface area (Å²) >= 11 is 0. The summed E-state index contributed by atoms with van der Waals surface area (Å²) in [4.78, 5) is 0. The lowest BCUT2D eigenvalue weighted by Crippen LogP contribution is -2.15. The summed E-state index contributed by atoms with van der Waals surface area (Å²) in [5, 5.41) is 16.9. The molecule has 0 fully saturated rings. The minimum absolute atomic E-state index is 0.0124. The van der Waals surface area contributed by atoms with Crippen LogP contribution in [0.25, 0.3) is 0 Å². The molecule has 0 aliphatic rings. The van der Waals surface area contributed by atoms with Gasteiger partial charge in [0.05, 0.1) is 12.7 Å². The van der Waals surface area contributed by atoms with Crippen molar-refractivity contribution in [1.82, 2.24) is 0 Å². The molecule has 5 nitrogen and oxygen atoms in total. The number of hydrogen-bond acceptors (Lipinski definition) is 4. The highest BCUT2D eigenvalue weighted by Crippen LogP contribution is 2.11. The maximum absolute atomic E-state index is 11.4. The van der Waals surface area contributed by atoms with Crippen LogP contribution in [0.1, 0.15) is 12.0 Å². The molecular formula is C12H12N2O3S. The van der Waals surface area contributed by atoms with E-state index < -0.39 is 15.8 Å². The molecule has 0 radical (unpaired) electrons. The molecule has 1 aromatic carbocycles. The zero-order chi connectivity index (χ0) is 13.4. The summed E-state index contributed by atoms with van der Waals surface area (Å²) < 4.78 is 25.0. The van der Waals surface area contributed by atoms with Gasteiger partial charge in [-0.25, -0.2) is 8.42 Å². The third kappa shape index (κ3) is 4.88. The van der Waals surface area contributed by atoms with E-state index in [0.29, 0.717) is 17.7 Å². The van der Waals surface area contributed by atoms with Crippen LogP contribution in [0.15, 0.2) is 24.3 Å². The summed E-state index contributed by atoms with van der Waals surface area (Å²) in [7, 11) is -3.63. The number of nitrogens with zero attached hydrogens (tertiary/aromatic N) is 1. The predicted octanol–water partition coefficient (Wildman–Crippen LogP) is 0.686. The van der Waals surface area contributed by atoms with Crippen LogP contribution in [0.4, 0.5) is 5.69 Å². The van der Waals surface area contributed by atoms with E-state index in [1.165, 1.54) is 0 Å². The van der Waals surface area contributed by atoms with Crippen molar-refractivity contribution >= 4 is 15.7 Å². The van der Waals surface area contributed by atoms with Gasteiger partial charge in [0.25, 0.3) is 0 Å². The fourth-order valence-electron chi connectivity index (χ4n) is 1.18. The summed E-state index contributed by atoms with van der Waals surface area (Å²) in [5.74, 6) is 4.94. The molecule has 2 N–H and O–H groups in total. The lowest BCUT2D eigenvalue weighted by atomic mass is 10.2. The number of aliphatic hydroxyl groups is 1. The van der Waals surface area contributed by atoms with Gasteiger partial charge < -0.3 is 5.11 Å². The van der Waals surface area contributed by atoms with Gasteiger partial charge in [-0.1, -0.05) is 17.9 Å². The van der Waals surface area contributed by atoms with E-state index in [9.17, 15) is 8.42 Å². The molecular weight excluding hydrogens is 252 g/mol. The summed E-state index contributed by atoms with van der Waals surface area (Å²) in [5.41, 5.74) is 1.00. The molecule has 0 spiro atoms. The normalized spacial score (nSPS) is 10.0. The second-order valence-corrected chi connectivity index (χ2v) is 5.10. The molecule has 0 amide bonds. The first-order valence-electron chi connectivity index (χ1n) is 5.14. The smallest absolute Gasteiger partial charge is 0.246 e. The molecule has 6 heteroatoms.